The van der Waals surface area contributed by atoms with Gasteiger partial charge in [0.2, 0.25) is 0 Å². The number of benzene rings is 2. The summed E-state index contributed by atoms with van der Waals surface area (Å²) in [7, 11) is 0. The van der Waals surface area contributed by atoms with Gasteiger partial charge in [-0.05, 0) is 35.2 Å². The van der Waals surface area contributed by atoms with E-state index in [0.29, 0.717) is 0 Å². The molecule has 2 rings (SSSR count). The van der Waals surface area contributed by atoms with Gasteiger partial charge in [0, 0.05) is 0 Å². The predicted molar refractivity (Wildman–Crippen MR) is 72.6 cm³/mol. The highest BCUT2D eigenvalue weighted by molar-refractivity contribution is 5.63. The molecule has 0 unspecified atom stereocenters. The van der Waals surface area contributed by atoms with E-state index in [1.165, 1.54) is 11.6 Å². The van der Waals surface area contributed by atoms with Crippen LogP contribution in [0.4, 0.5) is 4.39 Å². The maximum Gasteiger partial charge on any atom is 0.123 e. The monoisotopic (exact) mass is 230 g/mol. The number of rotatable bonds is 2. The van der Waals surface area contributed by atoms with Gasteiger partial charge in [0.05, 0.1) is 0 Å². The van der Waals surface area contributed by atoms with Crippen molar-refractivity contribution in [2.45, 2.75) is 27.2 Å². The first-order valence-corrected chi connectivity index (χ1v) is 6.14. The van der Waals surface area contributed by atoms with Crippen molar-refractivity contribution in [1.82, 2.24) is 0 Å². The van der Waals surface area contributed by atoms with Crippen LogP contribution in [0.1, 0.15) is 26.3 Å². The topological polar surface area (TPSA) is 0 Å². The SMILES string of the molecule is CC.CCc1ccc(-c2cccc(F)c2)cc1. The first-order chi connectivity index (χ1) is 8.29. The normalized spacial score (nSPS) is 9.41. The van der Waals surface area contributed by atoms with Gasteiger partial charge in [-0.2, -0.15) is 0 Å². The van der Waals surface area contributed by atoms with E-state index in [2.05, 4.69) is 19.1 Å². The summed E-state index contributed by atoms with van der Waals surface area (Å²) < 4.78 is 13.0. The molecule has 0 atom stereocenters. The van der Waals surface area contributed by atoms with E-state index >= 15 is 0 Å². The van der Waals surface area contributed by atoms with Gasteiger partial charge >= 0.3 is 0 Å². The molecule has 0 aliphatic rings. The summed E-state index contributed by atoms with van der Waals surface area (Å²) in [4.78, 5) is 0. The van der Waals surface area contributed by atoms with Crippen LogP contribution < -0.4 is 0 Å². The van der Waals surface area contributed by atoms with Crippen molar-refractivity contribution in [3.05, 3.63) is 59.9 Å². The minimum absolute atomic E-state index is 0.188. The molecule has 0 spiro atoms. The van der Waals surface area contributed by atoms with Crippen molar-refractivity contribution in [3.8, 4) is 11.1 Å². The summed E-state index contributed by atoms with van der Waals surface area (Å²) in [5, 5.41) is 0. The van der Waals surface area contributed by atoms with Gasteiger partial charge in [0.25, 0.3) is 0 Å². The van der Waals surface area contributed by atoms with E-state index in [1.807, 2.05) is 32.0 Å². The third kappa shape index (κ3) is 3.70. The average Bonchev–Trinajstić information content (AvgIpc) is 2.41. The first kappa shape index (κ1) is 13.4. The molecule has 0 heterocycles. The Labute approximate surface area is 103 Å². The van der Waals surface area contributed by atoms with Crippen molar-refractivity contribution in [1.29, 1.82) is 0 Å². The van der Waals surface area contributed by atoms with E-state index in [1.54, 1.807) is 12.1 Å². The Morgan fingerprint density at radius 2 is 1.53 bits per heavy atom. The van der Waals surface area contributed by atoms with Crippen LogP contribution in [0.2, 0.25) is 0 Å². The lowest BCUT2D eigenvalue weighted by Gasteiger charge is -2.02. The molecule has 0 saturated carbocycles. The molecule has 2 aromatic carbocycles. The second-order valence-corrected chi connectivity index (χ2v) is 3.56. The molecular weight excluding hydrogens is 211 g/mol. The van der Waals surface area contributed by atoms with Gasteiger partial charge in [-0.1, -0.05) is 57.2 Å². The molecule has 17 heavy (non-hydrogen) atoms. The summed E-state index contributed by atoms with van der Waals surface area (Å²) >= 11 is 0. The number of aryl methyl sites for hydroxylation is 1. The van der Waals surface area contributed by atoms with Crippen molar-refractivity contribution < 1.29 is 4.39 Å². The molecule has 2 aromatic rings. The minimum Gasteiger partial charge on any atom is -0.207 e. The van der Waals surface area contributed by atoms with Crippen molar-refractivity contribution in [2.24, 2.45) is 0 Å². The summed E-state index contributed by atoms with van der Waals surface area (Å²) in [5.41, 5.74) is 3.29. The standard InChI is InChI=1S/C14H13F.C2H6/c1-2-11-6-8-12(9-7-11)13-4-3-5-14(15)10-13;1-2/h3-10H,2H2,1H3;1-2H3. The van der Waals surface area contributed by atoms with Crippen LogP contribution in [0.3, 0.4) is 0 Å². The number of hydrogen-bond acceptors (Lipinski definition) is 0. The fourth-order valence-electron chi connectivity index (χ4n) is 1.60. The van der Waals surface area contributed by atoms with E-state index in [-0.39, 0.29) is 5.82 Å². The number of hydrogen-bond donors (Lipinski definition) is 0. The summed E-state index contributed by atoms with van der Waals surface area (Å²) in [6, 6.07) is 14.9. The Balaban J connectivity index is 0.000000686. The van der Waals surface area contributed by atoms with Crippen LogP contribution in [0.25, 0.3) is 11.1 Å². The van der Waals surface area contributed by atoms with Crippen LogP contribution in [-0.2, 0) is 6.42 Å². The van der Waals surface area contributed by atoms with Crippen molar-refractivity contribution in [2.75, 3.05) is 0 Å². The van der Waals surface area contributed by atoms with Gasteiger partial charge < -0.3 is 0 Å². The molecule has 0 fully saturated rings. The Bertz CT molecular complexity index is 443. The van der Waals surface area contributed by atoms with Crippen LogP contribution in [-0.4, -0.2) is 0 Å². The van der Waals surface area contributed by atoms with Crippen molar-refractivity contribution >= 4 is 0 Å². The smallest absolute Gasteiger partial charge is 0.123 e. The van der Waals surface area contributed by atoms with E-state index in [4.69, 9.17) is 0 Å². The second kappa shape index (κ2) is 6.85. The van der Waals surface area contributed by atoms with E-state index in [0.717, 1.165) is 17.5 Å². The molecule has 0 aliphatic carbocycles. The number of halogens is 1. The first-order valence-electron chi connectivity index (χ1n) is 6.14. The Morgan fingerprint density at radius 3 is 2.06 bits per heavy atom. The van der Waals surface area contributed by atoms with E-state index < -0.39 is 0 Å². The lowest BCUT2D eigenvalue weighted by atomic mass is 10.0. The lowest BCUT2D eigenvalue weighted by Crippen LogP contribution is -1.82. The zero-order valence-corrected chi connectivity index (χ0v) is 10.7. The molecule has 0 aliphatic heterocycles. The molecule has 0 nitrogen and oxygen atoms in total. The summed E-state index contributed by atoms with van der Waals surface area (Å²) in [6.45, 7) is 6.12. The van der Waals surface area contributed by atoms with Gasteiger partial charge in [0.1, 0.15) is 5.82 Å². The molecule has 1 heteroatoms. The zero-order valence-electron chi connectivity index (χ0n) is 10.7. The molecule has 0 amide bonds. The Hall–Kier alpha value is -1.63. The summed E-state index contributed by atoms with van der Waals surface area (Å²) in [6.07, 6.45) is 1.03. The van der Waals surface area contributed by atoms with Gasteiger partial charge in [-0.15, -0.1) is 0 Å². The predicted octanol–water partition coefficient (Wildman–Crippen LogP) is 5.08. The summed E-state index contributed by atoms with van der Waals surface area (Å²) in [5.74, 6) is -0.188. The minimum atomic E-state index is -0.188. The molecule has 0 saturated heterocycles. The Morgan fingerprint density at radius 1 is 0.882 bits per heavy atom. The van der Waals surface area contributed by atoms with Crippen LogP contribution >= 0.6 is 0 Å². The Kier molecular flexibility index (Phi) is 5.41. The molecule has 0 N–H and O–H groups in total. The highest BCUT2D eigenvalue weighted by atomic mass is 19.1. The average molecular weight is 230 g/mol. The van der Waals surface area contributed by atoms with Crippen molar-refractivity contribution in [3.63, 3.8) is 0 Å². The molecule has 0 aromatic heterocycles. The second-order valence-electron chi connectivity index (χ2n) is 3.56. The lowest BCUT2D eigenvalue weighted by molar-refractivity contribution is 0.628. The zero-order chi connectivity index (χ0) is 12.7. The quantitative estimate of drug-likeness (QED) is 0.674. The highest BCUT2D eigenvalue weighted by Gasteiger charge is 1.98. The largest absolute Gasteiger partial charge is 0.207 e. The van der Waals surface area contributed by atoms with Gasteiger partial charge in [0.15, 0.2) is 0 Å². The van der Waals surface area contributed by atoms with Gasteiger partial charge in [-0.3, -0.25) is 0 Å². The van der Waals surface area contributed by atoms with Crippen LogP contribution in [0.15, 0.2) is 48.5 Å². The molecule has 90 valence electrons. The third-order valence-corrected chi connectivity index (χ3v) is 2.52. The maximum atomic E-state index is 13.0. The molecular formula is C16H19F. The fraction of sp³-hybridized carbons (Fsp3) is 0.250. The molecule has 0 radical (unpaired) electrons. The highest BCUT2D eigenvalue weighted by Crippen LogP contribution is 2.20. The van der Waals surface area contributed by atoms with Crippen LogP contribution in [0.5, 0.6) is 0 Å². The van der Waals surface area contributed by atoms with Gasteiger partial charge in [-0.25, -0.2) is 4.39 Å². The fourth-order valence-corrected chi connectivity index (χ4v) is 1.60. The van der Waals surface area contributed by atoms with E-state index in [9.17, 15) is 4.39 Å². The van der Waals surface area contributed by atoms with Crippen LogP contribution in [0, 0.1) is 5.82 Å². The maximum absolute atomic E-state index is 13.0. The molecule has 0 bridgehead atoms. The third-order valence-electron chi connectivity index (χ3n) is 2.52.